The SMILES string of the molecule is Cc1ccc(CC(O)c2c(F)cccc2Cl)c(Cl)c1. The number of benzene rings is 2. The summed E-state index contributed by atoms with van der Waals surface area (Å²) < 4.78 is 13.7. The van der Waals surface area contributed by atoms with Gasteiger partial charge in [0.05, 0.1) is 6.10 Å². The van der Waals surface area contributed by atoms with Gasteiger partial charge in [0.15, 0.2) is 0 Å². The minimum Gasteiger partial charge on any atom is -0.388 e. The lowest BCUT2D eigenvalue weighted by Crippen LogP contribution is -2.05. The predicted molar refractivity (Wildman–Crippen MR) is 76.3 cm³/mol. The Labute approximate surface area is 121 Å². The molecule has 100 valence electrons. The van der Waals surface area contributed by atoms with Gasteiger partial charge < -0.3 is 5.11 Å². The summed E-state index contributed by atoms with van der Waals surface area (Å²) in [6, 6.07) is 9.88. The molecule has 0 amide bonds. The Morgan fingerprint density at radius 1 is 1.16 bits per heavy atom. The molecule has 0 heterocycles. The van der Waals surface area contributed by atoms with Crippen molar-refractivity contribution in [2.45, 2.75) is 19.4 Å². The van der Waals surface area contributed by atoms with Crippen molar-refractivity contribution in [1.82, 2.24) is 0 Å². The van der Waals surface area contributed by atoms with Gasteiger partial charge in [-0.2, -0.15) is 0 Å². The molecule has 1 unspecified atom stereocenters. The van der Waals surface area contributed by atoms with Gasteiger partial charge in [0.2, 0.25) is 0 Å². The molecule has 0 saturated carbocycles. The van der Waals surface area contributed by atoms with E-state index in [2.05, 4.69) is 0 Å². The summed E-state index contributed by atoms with van der Waals surface area (Å²) in [6.45, 7) is 1.93. The van der Waals surface area contributed by atoms with Gasteiger partial charge in [0.1, 0.15) is 5.82 Å². The van der Waals surface area contributed by atoms with Crippen molar-refractivity contribution in [3.05, 3.63) is 69.0 Å². The first-order chi connectivity index (χ1) is 8.99. The lowest BCUT2D eigenvalue weighted by Gasteiger charge is -2.14. The largest absolute Gasteiger partial charge is 0.388 e. The molecule has 0 bridgehead atoms. The summed E-state index contributed by atoms with van der Waals surface area (Å²) >= 11 is 12.0. The third-order valence-corrected chi connectivity index (χ3v) is 3.64. The average molecular weight is 299 g/mol. The van der Waals surface area contributed by atoms with E-state index in [1.807, 2.05) is 25.1 Å². The Kier molecular flexibility index (Phi) is 4.46. The lowest BCUT2D eigenvalue weighted by atomic mass is 10.00. The van der Waals surface area contributed by atoms with Crippen LogP contribution in [0.4, 0.5) is 4.39 Å². The van der Waals surface area contributed by atoms with E-state index < -0.39 is 11.9 Å². The van der Waals surface area contributed by atoms with Crippen molar-refractivity contribution >= 4 is 23.2 Å². The zero-order valence-electron chi connectivity index (χ0n) is 10.3. The van der Waals surface area contributed by atoms with E-state index in [4.69, 9.17) is 23.2 Å². The maximum Gasteiger partial charge on any atom is 0.130 e. The monoisotopic (exact) mass is 298 g/mol. The highest BCUT2D eigenvalue weighted by atomic mass is 35.5. The second-order valence-electron chi connectivity index (χ2n) is 4.45. The highest BCUT2D eigenvalue weighted by Gasteiger charge is 2.18. The summed E-state index contributed by atoms with van der Waals surface area (Å²) in [4.78, 5) is 0. The molecule has 4 heteroatoms. The maximum absolute atomic E-state index is 13.7. The predicted octanol–water partition coefficient (Wildman–Crippen LogP) is 4.72. The van der Waals surface area contributed by atoms with Crippen molar-refractivity contribution < 1.29 is 9.50 Å². The first-order valence-corrected chi connectivity index (χ1v) is 6.61. The van der Waals surface area contributed by atoms with Gasteiger partial charge in [-0.1, -0.05) is 41.4 Å². The Hall–Kier alpha value is -1.09. The molecule has 0 aliphatic heterocycles. The number of hydrogen-bond acceptors (Lipinski definition) is 1. The van der Waals surface area contributed by atoms with Gasteiger partial charge in [0.25, 0.3) is 0 Å². The minimum absolute atomic E-state index is 0.112. The van der Waals surface area contributed by atoms with Crippen LogP contribution in [0.15, 0.2) is 36.4 Å². The molecule has 2 rings (SSSR count). The highest BCUT2D eigenvalue weighted by Crippen LogP contribution is 2.30. The fourth-order valence-corrected chi connectivity index (χ4v) is 2.56. The van der Waals surface area contributed by atoms with Crippen LogP contribution in [0.3, 0.4) is 0 Å². The van der Waals surface area contributed by atoms with Crippen molar-refractivity contribution in [3.8, 4) is 0 Å². The van der Waals surface area contributed by atoms with Crippen LogP contribution in [-0.2, 0) is 6.42 Å². The lowest BCUT2D eigenvalue weighted by molar-refractivity contribution is 0.174. The first kappa shape index (κ1) is 14.3. The number of aryl methyl sites for hydroxylation is 1. The molecule has 0 radical (unpaired) electrons. The Morgan fingerprint density at radius 3 is 2.53 bits per heavy atom. The number of hydrogen-bond donors (Lipinski definition) is 1. The molecule has 0 saturated heterocycles. The fourth-order valence-electron chi connectivity index (χ4n) is 1.96. The second kappa shape index (κ2) is 5.91. The molecule has 2 aromatic carbocycles. The van der Waals surface area contributed by atoms with E-state index >= 15 is 0 Å². The van der Waals surface area contributed by atoms with Crippen LogP contribution >= 0.6 is 23.2 Å². The van der Waals surface area contributed by atoms with Crippen LogP contribution in [-0.4, -0.2) is 5.11 Å². The summed E-state index contributed by atoms with van der Waals surface area (Å²) in [5.41, 5.74) is 1.91. The highest BCUT2D eigenvalue weighted by molar-refractivity contribution is 6.31. The number of aliphatic hydroxyl groups is 1. The summed E-state index contributed by atoms with van der Waals surface area (Å²) in [6.07, 6.45) is -0.798. The molecule has 0 aromatic heterocycles. The van der Waals surface area contributed by atoms with Gasteiger partial charge in [0, 0.05) is 22.0 Å². The smallest absolute Gasteiger partial charge is 0.130 e. The van der Waals surface area contributed by atoms with Crippen molar-refractivity contribution in [2.24, 2.45) is 0 Å². The van der Waals surface area contributed by atoms with E-state index in [1.165, 1.54) is 12.1 Å². The standard InChI is InChI=1S/C15H13Cl2FO/c1-9-5-6-10(12(17)7-9)8-14(19)15-11(16)3-2-4-13(15)18/h2-7,14,19H,8H2,1H3. The maximum atomic E-state index is 13.7. The minimum atomic E-state index is -1.02. The number of halogens is 3. The molecule has 19 heavy (non-hydrogen) atoms. The van der Waals surface area contributed by atoms with Gasteiger partial charge in [-0.05, 0) is 36.2 Å². The van der Waals surface area contributed by atoms with Crippen LogP contribution < -0.4 is 0 Å². The molecule has 1 nitrogen and oxygen atoms in total. The van der Waals surface area contributed by atoms with Gasteiger partial charge in [-0.25, -0.2) is 4.39 Å². The molecule has 0 aliphatic carbocycles. The van der Waals surface area contributed by atoms with E-state index in [9.17, 15) is 9.50 Å². The topological polar surface area (TPSA) is 20.2 Å². The van der Waals surface area contributed by atoms with Crippen LogP contribution in [0.2, 0.25) is 10.0 Å². The number of rotatable bonds is 3. The zero-order chi connectivity index (χ0) is 14.0. The molecule has 0 aliphatic rings. The molecule has 1 N–H and O–H groups in total. The van der Waals surface area contributed by atoms with Gasteiger partial charge in [-0.3, -0.25) is 0 Å². The summed E-state index contributed by atoms with van der Waals surface area (Å²) in [5.74, 6) is -0.511. The Bertz CT molecular complexity index is 578. The van der Waals surface area contributed by atoms with E-state index in [0.29, 0.717) is 5.02 Å². The van der Waals surface area contributed by atoms with Crippen LogP contribution in [0.1, 0.15) is 22.8 Å². The molecule has 0 spiro atoms. The van der Waals surface area contributed by atoms with Gasteiger partial charge >= 0.3 is 0 Å². The Morgan fingerprint density at radius 2 is 1.89 bits per heavy atom. The van der Waals surface area contributed by atoms with E-state index in [-0.39, 0.29) is 17.0 Å². The second-order valence-corrected chi connectivity index (χ2v) is 5.26. The van der Waals surface area contributed by atoms with Crippen molar-refractivity contribution in [1.29, 1.82) is 0 Å². The average Bonchev–Trinajstić information content (AvgIpc) is 2.32. The molecule has 0 fully saturated rings. The zero-order valence-corrected chi connectivity index (χ0v) is 11.8. The molecule has 2 aromatic rings. The Balaban J connectivity index is 2.28. The van der Waals surface area contributed by atoms with Crippen LogP contribution in [0.5, 0.6) is 0 Å². The molecular formula is C15H13Cl2FO. The van der Waals surface area contributed by atoms with Gasteiger partial charge in [-0.15, -0.1) is 0 Å². The third kappa shape index (κ3) is 3.27. The van der Waals surface area contributed by atoms with Crippen LogP contribution in [0, 0.1) is 12.7 Å². The first-order valence-electron chi connectivity index (χ1n) is 5.86. The summed E-state index contributed by atoms with van der Waals surface area (Å²) in [7, 11) is 0. The fraction of sp³-hybridized carbons (Fsp3) is 0.200. The molecular weight excluding hydrogens is 286 g/mol. The molecule has 1 atom stereocenters. The van der Waals surface area contributed by atoms with Crippen LogP contribution in [0.25, 0.3) is 0 Å². The number of aliphatic hydroxyl groups excluding tert-OH is 1. The normalized spacial score (nSPS) is 12.5. The quantitative estimate of drug-likeness (QED) is 0.869. The van der Waals surface area contributed by atoms with E-state index in [0.717, 1.165) is 11.1 Å². The third-order valence-electron chi connectivity index (χ3n) is 2.95. The van der Waals surface area contributed by atoms with Crippen molar-refractivity contribution in [3.63, 3.8) is 0 Å². The summed E-state index contributed by atoms with van der Waals surface area (Å²) in [5, 5.41) is 10.9. The van der Waals surface area contributed by atoms with Crippen molar-refractivity contribution in [2.75, 3.05) is 0 Å². The van der Waals surface area contributed by atoms with E-state index in [1.54, 1.807) is 6.07 Å².